The Balaban J connectivity index is 1.44. The number of azo groups is 1. The monoisotopic (exact) mass is 386 g/mol. The molecule has 3 aromatic carbocycles. The Kier molecular flexibility index (Phi) is 5.26. The summed E-state index contributed by atoms with van der Waals surface area (Å²) < 4.78 is 0. The molecule has 0 aromatic heterocycles. The maximum Gasteiger partial charge on any atom is 0.269 e. The maximum absolute atomic E-state index is 10.8. The molecule has 0 saturated carbocycles. The summed E-state index contributed by atoms with van der Waals surface area (Å²) in [5.74, 6) is 0. The number of hydrogen-bond acceptors (Lipinski definition) is 7. The topological polar surface area (TPSA) is 86.4 Å². The number of nitro groups is 1. The molecule has 0 unspecified atom stereocenters. The van der Waals surface area contributed by atoms with Crippen LogP contribution in [-0.2, 0) is 0 Å². The molecule has 1 aliphatic heterocycles. The van der Waals surface area contributed by atoms with Gasteiger partial charge in [-0.2, -0.15) is 10.2 Å². The van der Waals surface area contributed by atoms with Crippen molar-refractivity contribution >= 4 is 28.4 Å². The molecule has 1 N–H and O–H groups in total. The lowest BCUT2D eigenvalue weighted by molar-refractivity contribution is -0.384. The zero-order valence-corrected chi connectivity index (χ0v) is 15.4. The van der Waals surface area contributed by atoms with Crippen LogP contribution in [0.1, 0.15) is 0 Å². The maximum atomic E-state index is 10.8. The molecule has 0 fully saturated rings. The number of nitro benzene ring substituents is 1. The molecule has 144 valence electrons. The lowest BCUT2D eigenvalue weighted by atomic mass is 10.2. The van der Waals surface area contributed by atoms with Gasteiger partial charge in [0.05, 0.1) is 34.2 Å². The first-order valence-corrected chi connectivity index (χ1v) is 9.00. The van der Waals surface area contributed by atoms with Crippen LogP contribution < -0.4 is 15.6 Å². The van der Waals surface area contributed by atoms with Gasteiger partial charge in [0.2, 0.25) is 0 Å². The van der Waals surface area contributed by atoms with Crippen LogP contribution in [0.2, 0.25) is 0 Å². The average Bonchev–Trinajstić information content (AvgIpc) is 2.79. The third-order valence-electron chi connectivity index (χ3n) is 4.31. The molecule has 0 aliphatic carbocycles. The van der Waals surface area contributed by atoms with Crippen molar-refractivity contribution in [2.24, 2.45) is 10.2 Å². The van der Waals surface area contributed by atoms with Crippen LogP contribution in [0.15, 0.2) is 101 Å². The molecule has 29 heavy (non-hydrogen) atoms. The Morgan fingerprint density at radius 3 is 2.10 bits per heavy atom. The number of rotatable bonds is 5. The van der Waals surface area contributed by atoms with Gasteiger partial charge < -0.3 is 0 Å². The molecule has 8 heteroatoms. The first kappa shape index (κ1) is 18.3. The van der Waals surface area contributed by atoms with Crippen LogP contribution >= 0.6 is 0 Å². The van der Waals surface area contributed by atoms with Gasteiger partial charge in [-0.3, -0.25) is 20.1 Å². The standard InChI is InChI=1S/C21H18N6O2/c28-27(29)21-13-11-20(12-14-21)26-16-4-15-25(24-26)19-9-7-18(8-10-19)23-22-17-5-2-1-3-6-17/h1-15,24H,16H2. The van der Waals surface area contributed by atoms with Crippen LogP contribution in [0.4, 0.5) is 28.4 Å². The summed E-state index contributed by atoms with van der Waals surface area (Å²) in [6, 6.07) is 23.7. The second-order valence-electron chi connectivity index (χ2n) is 6.29. The van der Waals surface area contributed by atoms with Gasteiger partial charge in [0, 0.05) is 18.3 Å². The highest BCUT2D eigenvalue weighted by Crippen LogP contribution is 2.24. The third-order valence-corrected chi connectivity index (χ3v) is 4.31. The number of hydrazine groups is 2. The van der Waals surface area contributed by atoms with E-state index in [0.29, 0.717) is 6.54 Å². The smallest absolute Gasteiger partial charge is 0.269 e. The second-order valence-corrected chi connectivity index (χ2v) is 6.29. The molecular weight excluding hydrogens is 368 g/mol. The average molecular weight is 386 g/mol. The number of nitrogens with zero attached hydrogens (tertiary/aromatic N) is 5. The first-order valence-electron chi connectivity index (χ1n) is 9.00. The van der Waals surface area contributed by atoms with Gasteiger partial charge in [-0.25, -0.2) is 0 Å². The van der Waals surface area contributed by atoms with Gasteiger partial charge >= 0.3 is 0 Å². The van der Waals surface area contributed by atoms with E-state index in [1.165, 1.54) is 12.1 Å². The molecule has 4 rings (SSSR count). The molecule has 3 aromatic rings. The van der Waals surface area contributed by atoms with Gasteiger partial charge in [0.25, 0.3) is 5.69 Å². The van der Waals surface area contributed by atoms with Gasteiger partial charge in [0.1, 0.15) is 0 Å². The summed E-state index contributed by atoms with van der Waals surface area (Å²) in [6.07, 6.45) is 3.93. The minimum atomic E-state index is -0.406. The Hall–Kier alpha value is -4.04. The Bertz CT molecular complexity index is 1030. The van der Waals surface area contributed by atoms with Crippen molar-refractivity contribution in [2.45, 2.75) is 0 Å². The molecular formula is C21H18N6O2. The van der Waals surface area contributed by atoms with Crippen molar-refractivity contribution in [2.75, 3.05) is 16.6 Å². The number of nitrogens with one attached hydrogen (secondary N) is 1. The van der Waals surface area contributed by atoms with Gasteiger partial charge in [-0.15, -0.1) is 5.53 Å². The van der Waals surface area contributed by atoms with E-state index in [2.05, 4.69) is 15.8 Å². The summed E-state index contributed by atoms with van der Waals surface area (Å²) in [7, 11) is 0. The SMILES string of the molecule is O=[N+]([O-])c1ccc(N2CC=CN(c3ccc(N=Nc4ccccc4)cc3)N2)cc1. The predicted molar refractivity (Wildman–Crippen MR) is 112 cm³/mol. The summed E-state index contributed by atoms with van der Waals surface area (Å²) in [4.78, 5) is 10.4. The minimum absolute atomic E-state index is 0.0680. The highest BCUT2D eigenvalue weighted by molar-refractivity contribution is 5.57. The van der Waals surface area contributed by atoms with Crippen molar-refractivity contribution in [3.63, 3.8) is 0 Å². The highest BCUT2D eigenvalue weighted by atomic mass is 16.6. The van der Waals surface area contributed by atoms with E-state index in [0.717, 1.165) is 22.7 Å². The van der Waals surface area contributed by atoms with Crippen LogP contribution in [0.25, 0.3) is 0 Å². The molecule has 0 bridgehead atoms. The van der Waals surface area contributed by atoms with Gasteiger partial charge in [0.15, 0.2) is 0 Å². The molecule has 0 atom stereocenters. The van der Waals surface area contributed by atoms with Crippen LogP contribution in [0, 0.1) is 10.1 Å². The largest absolute Gasteiger partial charge is 0.287 e. The van der Waals surface area contributed by atoms with Crippen LogP contribution in [-0.4, -0.2) is 11.5 Å². The van der Waals surface area contributed by atoms with E-state index in [9.17, 15) is 10.1 Å². The van der Waals surface area contributed by atoms with Crippen molar-refractivity contribution in [3.8, 4) is 0 Å². The van der Waals surface area contributed by atoms with E-state index in [1.807, 2.05) is 76.9 Å². The van der Waals surface area contributed by atoms with E-state index >= 15 is 0 Å². The van der Waals surface area contributed by atoms with Gasteiger partial charge in [-0.1, -0.05) is 18.2 Å². The second kappa shape index (κ2) is 8.32. The van der Waals surface area contributed by atoms with E-state index in [4.69, 9.17) is 0 Å². The zero-order valence-electron chi connectivity index (χ0n) is 15.4. The fourth-order valence-electron chi connectivity index (χ4n) is 2.81. The quantitative estimate of drug-likeness (QED) is 0.367. The third kappa shape index (κ3) is 4.45. The summed E-state index contributed by atoms with van der Waals surface area (Å²) in [5, 5.41) is 23.0. The van der Waals surface area contributed by atoms with Crippen molar-refractivity contribution in [3.05, 3.63) is 101 Å². The Morgan fingerprint density at radius 1 is 0.828 bits per heavy atom. The van der Waals surface area contributed by atoms with Gasteiger partial charge in [-0.05, 0) is 54.6 Å². The summed E-state index contributed by atoms with van der Waals surface area (Å²) in [5.41, 5.74) is 6.65. The lowest BCUT2D eigenvalue weighted by Crippen LogP contribution is -2.50. The number of benzene rings is 3. The van der Waals surface area contributed by atoms with E-state index in [1.54, 1.807) is 12.1 Å². The van der Waals surface area contributed by atoms with Crippen molar-refractivity contribution in [1.29, 1.82) is 0 Å². The minimum Gasteiger partial charge on any atom is -0.287 e. The number of non-ortho nitro benzene ring substituents is 1. The Labute approximate surface area is 167 Å². The lowest BCUT2D eigenvalue weighted by Gasteiger charge is -2.34. The number of anilines is 2. The molecule has 0 amide bonds. The molecule has 0 spiro atoms. The fraction of sp³-hybridized carbons (Fsp3) is 0.0476. The summed E-state index contributed by atoms with van der Waals surface area (Å²) >= 11 is 0. The number of hydrogen-bond donors (Lipinski definition) is 1. The van der Waals surface area contributed by atoms with E-state index < -0.39 is 4.92 Å². The first-order chi connectivity index (χ1) is 14.2. The van der Waals surface area contributed by atoms with Crippen molar-refractivity contribution in [1.82, 2.24) is 5.53 Å². The zero-order chi connectivity index (χ0) is 20.1. The van der Waals surface area contributed by atoms with Crippen LogP contribution in [0.5, 0.6) is 0 Å². The molecule has 1 aliphatic rings. The van der Waals surface area contributed by atoms with E-state index in [-0.39, 0.29) is 5.69 Å². The summed E-state index contributed by atoms with van der Waals surface area (Å²) in [6.45, 7) is 0.637. The highest BCUT2D eigenvalue weighted by Gasteiger charge is 2.15. The predicted octanol–water partition coefficient (Wildman–Crippen LogP) is 5.27. The molecule has 0 saturated heterocycles. The molecule has 1 heterocycles. The Morgan fingerprint density at radius 2 is 1.45 bits per heavy atom. The fourth-order valence-corrected chi connectivity index (χ4v) is 2.81. The molecule has 8 nitrogen and oxygen atoms in total. The normalized spacial score (nSPS) is 13.8. The van der Waals surface area contributed by atoms with Crippen molar-refractivity contribution < 1.29 is 4.92 Å². The molecule has 0 radical (unpaired) electrons. The van der Waals surface area contributed by atoms with Crippen LogP contribution in [0.3, 0.4) is 0 Å².